The molecule has 2 rings (SSSR count). The van der Waals surface area contributed by atoms with E-state index in [9.17, 15) is 4.79 Å². The van der Waals surface area contributed by atoms with Gasteiger partial charge in [-0.3, -0.25) is 4.79 Å². The minimum Gasteiger partial charge on any atom is -0.366 e. The van der Waals surface area contributed by atoms with Gasteiger partial charge in [0, 0.05) is 21.4 Å². The van der Waals surface area contributed by atoms with Crippen LogP contribution in [0.1, 0.15) is 16.1 Å². The fraction of sp³-hybridized carbons (Fsp3) is 0.0833. The Kier molecular flexibility index (Phi) is 2.83. The maximum Gasteiger partial charge on any atom is 0.250 e. The highest BCUT2D eigenvalue weighted by molar-refractivity contribution is 9.10. The second kappa shape index (κ2) is 4.14. The molecule has 0 saturated carbocycles. The molecule has 0 spiro atoms. The SMILES string of the molecule is Cc1[nH]c(-c2ccccc2Br)cc1C(N)=O. The standard InChI is InChI=1S/C12H11BrN2O/c1-7-9(12(14)16)6-11(15-7)8-4-2-3-5-10(8)13/h2-6,15H,1H3,(H2,14,16). The van der Waals surface area contributed by atoms with Crippen LogP contribution in [0.2, 0.25) is 0 Å². The lowest BCUT2D eigenvalue weighted by Crippen LogP contribution is -2.10. The number of aromatic nitrogens is 1. The molecule has 0 aliphatic heterocycles. The van der Waals surface area contributed by atoms with E-state index in [1.165, 1.54) is 0 Å². The average Bonchev–Trinajstić information content (AvgIpc) is 2.61. The molecule has 0 fully saturated rings. The van der Waals surface area contributed by atoms with Gasteiger partial charge in [0.05, 0.1) is 5.56 Å². The van der Waals surface area contributed by atoms with E-state index in [0.29, 0.717) is 5.56 Å². The number of primary amides is 1. The number of rotatable bonds is 2. The van der Waals surface area contributed by atoms with E-state index in [0.717, 1.165) is 21.4 Å². The van der Waals surface area contributed by atoms with Crippen molar-refractivity contribution in [3.05, 3.63) is 46.1 Å². The number of benzene rings is 1. The van der Waals surface area contributed by atoms with Crippen LogP contribution in [0.25, 0.3) is 11.3 Å². The third kappa shape index (κ3) is 1.88. The summed E-state index contributed by atoms with van der Waals surface area (Å²) in [6.45, 7) is 1.83. The van der Waals surface area contributed by atoms with Gasteiger partial charge >= 0.3 is 0 Å². The fourth-order valence-corrected chi connectivity index (χ4v) is 2.14. The van der Waals surface area contributed by atoms with E-state index in [4.69, 9.17) is 5.73 Å². The second-order valence-electron chi connectivity index (χ2n) is 3.57. The van der Waals surface area contributed by atoms with E-state index in [-0.39, 0.29) is 0 Å². The first kappa shape index (κ1) is 11.0. The van der Waals surface area contributed by atoms with Gasteiger partial charge < -0.3 is 10.7 Å². The summed E-state index contributed by atoms with van der Waals surface area (Å²) in [6.07, 6.45) is 0. The van der Waals surface area contributed by atoms with Crippen molar-refractivity contribution in [1.82, 2.24) is 4.98 Å². The molecule has 3 N–H and O–H groups in total. The van der Waals surface area contributed by atoms with Gasteiger partial charge in [-0.25, -0.2) is 0 Å². The molecule has 1 amide bonds. The van der Waals surface area contributed by atoms with E-state index in [1.807, 2.05) is 31.2 Å². The molecule has 82 valence electrons. The first-order valence-electron chi connectivity index (χ1n) is 4.84. The number of hydrogen-bond acceptors (Lipinski definition) is 1. The van der Waals surface area contributed by atoms with Crippen LogP contribution in [0, 0.1) is 6.92 Å². The monoisotopic (exact) mass is 278 g/mol. The predicted octanol–water partition coefficient (Wildman–Crippen LogP) is 2.85. The first-order valence-corrected chi connectivity index (χ1v) is 5.63. The topological polar surface area (TPSA) is 58.9 Å². The van der Waals surface area contributed by atoms with Crippen LogP contribution < -0.4 is 5.73 Å². The van der Waals surface area contributed by atoms with E-state index < -0.39 is 5.91 Å². The summed E-state index contributed by atoms with van der Waals surface area (Å²) in [5, 5.41) is 0. The largest absolute Gasteiger partial charge is 0.366 e. The van der Waals surface area contributed by atoms with Crippen molar-refractivity contribution in [2.24, 2.45) is 5.73 Å². The van der Waals surface area contributed by atoms with Crippen molar-refractivity contribution in [3.63, 3.8) is 0 Å². The maximum atomic E-state index is 11.1. The highest BCUT2D eigenvalue weighted by Gasteiger charge is 2.11. The Morgan fingerprint density at radius 2 is 2.06 bits per heavy atom. The highest BCUT2D eigenvalue weighted by Crippen LogP contribution is 2.28. The van der Waals surface area contributed by atoms with Gasteiger partial charge in [0.15, 0.2) is 0 Å². The molecule has 3 nitrogen and oxygen atoms in total. The van der Waals surface area contributed by atoms with E-state index in [2.05, 4.69) is 20.9 Å². The van der Waals surface area contributed by atoms with Crippen molar-refractivity contribution < 1.29 is 4.79 Å². The summed E-state index contributed by atoms with van der Waals surface area (Å²) in [7, 11) is 0. The molecule has 2 aromatic rings. The normalized spacial score (nSPS) is 10.4. The summed E-state index contributed by atoms with van der Waals surface area (Å²) in [5.41, 5.74) is 8.50. The number of carbonyl (C=O) groups is 1. The molecule has 0 unspecified atom stereocenters. The molecule has 0 radical (unpaired) electrons. The second-order valence-corrected chi connectivity index (χ2v) is 4.42. The Morgan fingerprint density at radius 1 is 1.38 bits per heavy atom. The average molecular weight is 279 g/mol. The molecular weight excluding hydrogens is 268 g/mol. The summed E-state index contributed by atoms with van der Waals surface area (Å²) in [4.78, 5) is 14.3. The van der Waals surface area contributed by atoms with E-state index >= 15 is 0 Å². The molecule has 0 aliphatic carbocycles. The molecule has 1 aromatic carbocycles. The first-order chi connectivity index (χ1) is 7.59. The van der Waals surface area contributed by atoms with Gasteiger partial charge in [0.1, 0.15) is 0 Å². The zero-order chi connectivity index (χ0) is 11.7. The zero-order valence-electron chi connectivity index (χ0n) is 8.75. The minimum absolute atomic E-state index is 0.410. The van der Waals surface area contributed by atoms with Crippen LogP contribution in [-0.4, -0.2) is 10.9 Å². The third-order valence-corrected chi connectivity index (χ3v) is 3.14. The lowest BCUT2D eigenvalue weighted by atomic mass is 10.1. The third-order valence-electron chi connectivity index (χ3n) is 2.44. The number of nitrogens with one attached hydrogen (secondary N) is 1. The Balaban J connectivity index is 2.54. The molecule has 1 heterocycles. The van der Waals surface area contributed by atoms with Crippen LogP contribution in [0.3, 0.4) is 0 Å². The Morgan fingerprint density at radius 3 is 2.62 bits per heavy atom. The molecule has 16 heavy (non-hydrogen) atoms. The van der Waals surface area contributed by atoms with Crippen LogP contribution in [0.5, 0.6) is 0 Å². The van der Waals surface area contributed by atoms with E-state index in [1.54, 1.807) is 6.07 Å². The van der Waals surface area contributed by atoms with Crippen molar-refractivity contribution in [1.29, 1.82) is 0 Å². The molecule has 0 aliphatic rings. The van der Waals surface area contributed by atoms with Gasteiger partial charge in [-0.15, -0.1) is 0 Å². The number of hydrogen-bond donors (Lipinski definition) is 2. The quantitative estimate of drug-likeness (QED) is 0.872. The fourth-order valence-electron chi connectivity index (χ4n) is 1.64. The lowest BCUT2D eigenvalue weighted by Gasteiger charge is -2.00. The maximum absolute atomic E-state index is 11.1. The number of aryl methyl sites for hydroxylation is 1. The van der Waals surface area contributed by atoms with Crippen LogP contribution in [0.4, 0.5) is 0 Å². The molecule has 0 bridgehead atoms. The summed E-state index contributed by atoms with van der Waals surface area (Å²) >= 11 is 3.47. The lowest BCUT2D eigenvalue weighted by molar-refractivity contribution is 0.1000. The summed E-state index contributed by atoms with van der Waals surface area (Å²) in [5.74, 6) is -0.410. The molecule has 0 atom stereocenters. The van der Waals surface area contributed by atoms with Gasteiger partial charge in [0.25, 0.3) is 5.91 Å². The Labute approximate surface area is 102 Å². The highest BCUT2D eigenvalue weighted by atomic mass is 79.9. The number of amides is 1. The number of halogens is 1. The van der Waals surface area contributed by atoms with Crippen LogP contribution >= 0.6 is 15.9 Å². The zero-order valence-corrected chi connectivity index (χ0v) is 10.3. The van der Waals surface area contributed by atoms with Crippen molar-refractivity contribution >= 4 is 21.8 Å². The van der Waals surface area contributed by atoms with Crippen LogP contribution in [0.15, 0.2) is 34.8 Å². The minimum atomic E-state index is -0.410. The van der Waals surface area contributed by atoms with Crippen molar-refractivity contribution in [3.8, 4) is 11.3 Å². The Hall–Kier alpha value is -1.55. The van der Waals surface area contributed by atoms with Gasteiger partial charge in [-0.05, 0) is 19.1 Å². The van der Waals surface area contributed by atoms with Crippen molar-refractivity contribution in [2.45, 2.75) is 6.92 Å². The van der Waals surface area contributed by atoms with Crippen molar-refractivity contribution in [2.75, 3.05) is 0 Å². The van der Waals surface area contributed by atoms with Crippen LogP contribution in [-0.2, 0) is 0 Å². The van der Waals surface area contributed by atoms with Gasteiger partial charge in [0.2, 0.25) is 0 Å². The number of carbonyl (C=O) groups excluding carboxylic acids is 1. The van der Waals surface area contributed by atoms with Gasteiger partial charge in [-0.2, -0.15) is 0 Å². The summed E-state index contributed by atoms with van der Waals surface area (Å²) < 4.78 is 0.979. The Bertz CT molecular complexity index is 546. The summed E-state index contributed by atoms with van der Waals surface area (Å²) in [6, 6.07) is 9.59. The number of H-pyrrole nitrogens is 1. The molecule has 4 heteroatoms. The van der Waals surface area contributed by atoms with Gasteiger partial charge in [-0.1, -0.05) is 34.1 Å². The molecule has 1 aromatic heterocycles. The predicted molar refractivity (Wildman–Crippen MR) is 67.2 cm³/mol. The number of nitrogens with two attached hydrogens (primary N) is 1. The number of aromatic amines is 1. The molecular formula is C12H11BrN2O. The molecule has 0 saturated heterocycles. The smallest absolute Gasteiger partial charge is 0.250 e.